The zero-order valence-electron chi connectivity index (χ0n) is 18.3. The average Bonchev–Trinajstić information content (AvgIpc) is 3.38. The summed E-state index contributed by atoms with van der Waals surface area (Å²) < 4.78 is 7.64. The van der Waals surface area contributed by atoms with Crippen LogP contribution >= 0.6 is 0 Å². The van der Waals surface area contributed by atoms with Crippen LogP contribution in [-0.2, 0) is 17.8 Å². The van der Waals surface area contributed by atoms with Crippen molar-refractivity contribution in [2.75, 3.05) is 5.32 Å². The fourth-order valence-corrected chi connectivity index (χ4v) is 3.25. The molecule has 0 unspecified atom stereocenters. The minimum Gasteiger partial charge on any atom is -0.489 e. The minimum absolute atomic E-state index is 0.182. The lowest BCUT2D eigenvalue weighted by Gasteiger charge is -2.10. The first-order valence-electron chi connectivity index (χ1n) is 10.6. The van der Waals surface area contributed by atoms with E-state index in [0.717, 1.165) is 29.1 Å². The van der Waals surface area contributed by atoms with Crippen molar-refractivity contribution >= 4 is 17.4 Å². The van der Waals surface area contributed by atoms with E-state index in [1.54, 1.807) is 48.5 Å². The van der Waals surface area contributed by atoms with Gasteiger partial charge in [0.15, 0.2) is 0 Å². The number of nitrogens with zero attached hydrogens (tertiary/aromatic N) is 3. The van der Waals surface area contributed by atoms with Crippen LogP contribution in [0.2, 0.25) is 0 Å². The van der Waals surface area contributed by atoms with Crippen molar-refractivity contribution in [1.82, 2.24) is 14.5 Å². The molecule has 0 spiro atoms. The monoisotopic (exact) mass is 440 g/mol. The Kier molecular flexibility index (Phi) is 6.90. The third-order valence-corrected chi connectivity index (χ3v) is 5.06. The Balaban J connectivity index is 1.33. The van der Waals surface area contributed by atoms with Gasteiger partial charge in [-0.3, -0.25) is 9.36 Å². The molecular formula is C26H24N4O3. The lowest BCUT2D eigenvalue weighted by Crippen LogP contribution is -2.12. The molecule has 4 rings (SSSR count). The highest BCUT2D eigenvalue weighted by Gasteiger charge is 2.08. The van der Waals surface area contributed by atoms with Gasteiger partial charge in [-0.25, -0.2) is 9.97 Å². The molecule has 0 fully saturated rings. The van der Waals surface area contributed by atoms with Gasteiger partial charge in [0.25, 0.3) is 5.91 Å². The smallest absolute Gasteiger partial charge is 0.255 e. The molecule has 7 heteroatoms. The number of aromatic nitrogens is 3. The van der Waals surface area contributed by atoms with Gasteiger partial charge in [-0.2, -0.15) is 0 Å². The Morgan fingerprint density at radius 3 is 2.58 bits per heavy atom. The summed E-state index contributed by atoms with van der Waals surface area (Å²) in [6.07, 6.45) is 8.03. The molecule has 2 aromatic carbocycles. The van der Waals surface area contributed by atoms with Gasteiger partial charge in [0.05, 0.1) is 11.9 Å². The number of rotatable bonds is 9. The summed E-state index contributed by atoms with van der Waals surface area (Å²) in [4.78, 5) is 32.1. The SMILES string of the molecule is CC(=O)CCc1ccc(OCc2cccc(C(=O)Nc3ccc(-n4ccnc4)nc3)c2)cc1. The number of hydrogen-bond acceptors (Lipinski definition) is 5. The maximum Gasteiger partial charge on any atom is 0.255 e. The first kappa shape index (κ1) is 22.0. The normalized spacial score (nSPS) is 10.6. The van der Waals surface area contributed by atoms with E-state index in [0.29, 0.717) is 24.3 Å². The van der Waals surface area contributed by atoms with Crippen molar-refractivity contribution in [1.29, 1.82) is 0 Å². The van der Waals surface area contributed by atoms with E-state index in [-0.39, 0.29) is 11.7 Å². The fourth-order valence-electron chi connectivity index (χ4n) is 3.25. The first-order valence-corrected chi connectivity index (χ1v) is 10.6. The lowest BCUT2D eigenvalue weighted by molar-refractivity contribution is -0.116. The van der Waals surface area contributed by atoms with E-state index >= 15 is 0 Å². The number of ether oxygens (including phenoxy) is 1. The second kappa shape index (κ2) is 10.4. The van der Waals surface area contributed by atoms with Crippen LogP contribution < -0.4 is 10.1 Å². The molecule has 2 heterocycles. The summed E-state index contributed by atoms with van der Waals surface area (Å²) >= 11 is 0. The van der Waals surface area contributed by atoms with Gasteiger partial charge in [0.1, 0.15) is 30.3 Å². The number of benzene rings is 2. The molecule has 0 bridgehead atoms. The van der Waals surface area contributed by atoms with Gasteiger partial charge >= 0.3 is 0 Å². The Morgan fingerprint density at radius 1 is 1.03 bits per heavy atom. The van der Waals surface area contributed by atoms with E-state index in [2.05, 4.69) is 15.3 Å². The molecule has 0 saturated heterocycles. The number of nitrogens with one attached hydrogen (secondary N) is 1. The van der Waals surface area contributed by atoms with E-state index in [4.69, 9.17) is 4.74 Å². The molecule has 0 aliphatic carbocycles. The third-order valence-electron chi connectivity index (χ3n) is 5.06. The lowest BCUT2D eigenvalue weighted by atomic mass is 10.1. The Labute approximate surface area is 192 Å². The van der Waals surface area contributed by atoms with Crippen LogP contribution in [0.3, 0.4) is 0 Å². The van der Waals surface area contributed by atoms with Crippen LogP contribution in [0.15, 0.2) is 85.6 Å². The summed E-state index contributed by atoms with van der Waals surface area (Å²) in [5.41, 5.74) is 3.13. The van der Waals surface area contributed by atoms with Gasteiger partial charge in [-0.15, -0.1) is 0 Å². The minimum atomic E-state index is -0.219. The molecule has 2 aromatic heterocycles. The predicted octanol–water partition coefficient (Wildman–Crippen LogP) is 4.62. The van der Waals surface area contributed by atoms with Crippen LogP contribution in [0, 0.1) is 0 Å². The molecule has 4 aromatic rings. The molecule has 0 aliphatic rings. The number of carbonyl (C=O) groups excluding carboxylic acids is 2. The van der Waals surface area contributed by atoms with Crippen molar-refractivity contribution in [3.8, 4) is 11.6 Å². The number of aryl methyl sites for hydroxylation is 1. The molecule has 1 N–H and O–H groups in total. The molecule has 1 amide bonds. The largest absolute Gasteiger partial charge is 0.489 e. The zero-order chi connectivity index (χ0) is 23.0. The van der Waals surface area contributed by atoms with E-state index in [9.17, 15) is 9.59 Å². The molecular weight excluding hydrogens is 416 g/mol. The van der Waals surface area contributed by atoms with Crippen LogP contribution in [0.4, 0.5) is 5.69 Å². The van der Waals surface area contributed by atoms with Gasteiger partial charge in [-0.1, -0.05) is 24.3 Å². The van der Waals surface area contributed by atoms with Gasteiger partial charge in [0.2, 0.25) is 0 Å². The number of ketones is 1. The average molecular weight is 441 g/mol. The Morgan fingerprint density at radius 2 is 1.88 bits per heavy atom. The number of anilines is 1. The third kappa shape index (κ3) is 6.13. The topological polar surface area (TPSA) is 86.1 Å². The zero-order valence-corrected chi connectivity index (χ0v) is 18.3. The summed E-state index contributed by atoms with van der Waals surface area (Å²) in [5, 5.41) is 2.87. The molecule has 0 saturated carbocycles. The highest BCUT2D eigenvalue weighted by Crippen LogP contribution is 2.17. The highest BCUT2D eigenvalue weighted by atomic mass is 16.5. The van der Waals surface area contributed by atoms with Crippen molar-refractivity contribution in [2.45, 2.75) is 26.4 Å². The second-order valence-corrected chi connectivity index (χ2v) is 7.66. The van der Waals surface area contributed by atoms with E-state index < -0.39 is 0 Å². The summed E-state index contributed by atoms with van der Waals surface area (Å²) in [7, 11) is 0. The number of imidazole rings is 1. The maximum atomic E-state index is 12.7. The fraction of sp³-hybridized carbons (Fsp3) is 0.154. The van der Waals surface area contributed by atoms with Crippen LogP contribution in [0.5, 0.6) is 5.75 Å². The molecule has 33 heavy (non-hydrogen) atoms. The van der Waals surface area contributed by atoms with Crippen molar-refractivity contribution in [3.05, 3.63) is 102 Å². The maximum absolute atomic E-state index is 12.7. The molecule has 0 atom stereocenters. The number of pyridine rings is 1. The Bertz CT molecular complexity index is 1220. The highest BCUT2D eigenvalue weighted by molar-refractivity contribution is 6.04. The standard InChI is InChI=1S/C26H24N4O3/c1-19(31)5-6-20-7-10-24(11-8-20)33-17-21-3-2-4-22(15-21)26(32)29-23-9-12-25(28-16-23)30-14-13-27-18-30/h2-4,7-16,18H,5-6,17H2,1H3,(H,29,32). The predicted molar refractivity (Wildman–Crippen MR) is 126 cm³/mol. The molecule has 0 aliphatic heterocycles. The van der Waals surface area contributed by atoms with E-state index in [1.165, 1.54) is 0 Å². The summed E-state index contributed by atoms with van der Waals surface area (Å²) in [6.45, 7) is 1.94. The summed E-state index contributed by atoms with van der Waals surface area (Å²) in [5.74, 6) is 1.42. The van der Waals surface area contributed by atoms with Gasteiger partial charge in [0, 0.05) is 24.4 Å². The van der Waals surface area contributed by atoms with Crippen LogP contribution in [0.25, 0.3) is 5.82 Å². The van der Waals surface area contributed by atoms with Gasteiger partial charge < -0.3 is 14.8 Å². The van der Waals surface area contributed by atoms with E-state index in [1.807, 2.05) is 48.5 Å². The number of Topliss-reactive ketones (excluding diaryl/α,β-unsaturated/α-hetero) is 1. The van der Waals surface area contributed by atoms with Crippen molar-refractivity contribution < 1.29 is 14.3 Å². The summed E-state index contributed by atoms with van der Waals surface area (Å²) in [6, 6.07) is 18.7. The quantitative estimate of drug-likeness (QED) is 0.410. The molecule has 7 nitrogen and oxygen atoms in total. The number of hydrogen-bond donors (Lipinski definition) is 1. The Hall–Kier alpha value is -4.26. The molecule has 0 radical (unpaired) electrons. The van der Waals surface area contributed by atoms with Crippen LogP contribution in [0.1, 0.15) is 34.8 Å². The van der Waals surface area contributed by atoms with Gasteiger partial charge in [-0.05, 0) is 60.9 Å². The molecule has 166 valence electrons. The second-order valence-electron chi connectivity index (χ2n) is 7.66. The number of carbonyl (C=O) groups is 2. The first-order chi connectivity index (χ1) is 16.1. The van der Waals surface area contributed by atoms with Crippen molar-refractivity contribution in [3.63, 3.8) is 0 Å². The number of amides is 1. The van der Waals surface area contributed by atoms with Crippen LogP contribution in [-0.4, -0.2) is 26.2 Å². The van der Waals surface area contributed by atoms with Crippen molar-refractivity contribution in [2.24, 2.45) is 0 Å².